The van der Waals surface area contributed by atoms with Crippen molar-refractivity contribution < 1.29 is 103 Å². The maximum Gasteiger partial charge on any atom is 1.00 e. The summed E-state index contributed by atoms with van der Waals surface area (Å²) in [5.41, 5.74) is 0. The Balaban J connectivity index is -0.000000339. The maximum absolute atomic E-state index is 3.92. The quantitative estimate of drug-likeness (QED) is 0.349. The zero-order valence-corrected chi connectivity index (χ0v) is 17.8. The third kappa shape index (κ3) is 14.8. The van der Waals surface area contributed by atoms with Crippen molar-refractivity contribution in [1.29, 1.82) is 0 Å². The number of thioether (sulfide) groups is 1. The van der Waals surface area contributed by atoms with Gasteiger partial charge in [0.05, 0.1) is 0 Å². The molecule has 1 aromatic carbocycles. The van der Waals surface area contributed by atoms with Crippen LogP contribution in [0.1, 0.15) is 20.8 Å². The molecule has 3 heteroatoms. The van der Waals surface area contributed by atoms with Crippen LogP contribution in [0.25, 0.3) is 0 Å². The topological polar surface area (TPSA) is 0 Å². The van der Waals surface area contributed by atoms with Gasteiger partial charge in [0.1, 0.15) is 0 Å². The molecule has 0 atom stereocenters. The molecule has 1 aromatic rings. The predicted molar refractivity (Wildman–Crippen MR) is 62.8 cm³/mol. The van der Waals surface area contributed by atoms with Gasteiger partial charge in [0.15, 0.2) is 0 Å². The van der Waals surface area contributed by atoms with Gasteiger partial charge in [0.2, 0.25) is 0 Å². The average molecular weight is 273 g/mol. The second-order valence-corrected chi connectivity index (χ2v) is 4.53. The van der Waals surface area contributed by atoms with Crippen molar-refractivity contribution in [2.24, 2.45) is 0 Å². The number of rotatable bonds is 2. The van der Waals surface area contributed by atoms with Crippen LogP contribution >= 0.6 is 11.8 Å². The van der Waals surface area contributed by atoms with Gasteiger partial charge in [0, 0.05) is 4.90 Å². The Bertz CT molecular complexity index is 217. The van der Waals surface area contributed by atoms with Gasteiger partial charge in [0.25, 0.3) is 0 Å². The molecule has 15 heavy (non-hydrogen) atoms. The Labute approximate surface area is 185 Å². The van der Waals surface area contributed by atoms with E-state index in [1.807, 2.05) is 39.0 Å². The Morgan fingerprint density at radius 2 is 1.40 bits per heavy atom. The van der Waals surface area contributed by atoms with E-state index >= 15 is 0 Å². The Hall–Kier alpha value is 2.84. The smallest absolute Gasteiger partial charge is 0.357 e. The van der Waals surface area contributed by atoms with E-state index in [1.54, 1.807) is 11.8 Å². The molecule has 0 amide bonds. The van der Waals surface area contributed by atoms with Gasteiger partial charge in [-0.05, 0) is 12.1 Å². The standard InChI is InChI=1S/C10H12S.C2H6.2K/c1-10(2,3)11-9-7-5-4-6-8-9;1-2;;/h4-8H,1-2H2,3H3;1-2H3;;/q-2;;2*+1. The molecule has 0 aliphatic carbocycles. The Morgan fingerprint density at radius 3 is 1.73 bits per heavy atom. The number of benzene rings is 1. The van der Waals surface area contributed by atoms with Crippen LogP contribution in [0.3, 0.4) is 0 Å². The fraction of sp³-hybridized carbons (Fsp3) is 0.333. The van der Waals surface area contributed by atoms with Crippen LogP contribution in [0.4, 0.5) is 0 Å². The first-order valence-corrected chi connectivity index (χ1v) is 5.34. The van der Waals surface area contributed by atoms with Crippen molar-refractivity contribution >= 4 is 11.8 Å². The molecule has 0 spiro atoms. The third-order valence-electron chi connectivity index (χ3n) is 1.11. The Kier molecular flexibility index (Phi) is 20.3. The van der Waals surface area contributed by atoms with E-state index in [4.69, 9.17) is 0 Å². The normalized spacial score (nSPS) is 8.87. The van der Waals surface area contributed by atoms with Gasteiger partial charge in [-0.3, -0.25) is 0 Å². The second kappa shape index (κ2) is 13.3. The van der Waals surface area contributed by atoms with E-state index in [-0.39, 0.29) is 108 Å². The molecule has 0 saturated heterocycles. The summed E-state index contributed by atoms with van der Waals surface area (Å²) in [6.45, 7) is 13.8. The molecular weight excluding hydrogens is 254 g/mol. The zero-order valence-electron chi connectivity index (χ0n) is 10.7. The minimum atomic E-state index is -0.179. The second-order valence-electron chi connectivity index (χ2n) is 2.87. The molecule has 74 valence electrons. The van der Waals surface area contributed by atoms with E-state index in [0.717, 1.165) is 0 Å². The summed E-state index contributed by atoms with van der Waals surface area (Å²) in [5.74, 6) is 0. The van der Waals surface area contributed by atoms with Crippen molar-refractivity contribution in [3.63, 3.8) is 0 Å². The van der Waals surface area contributed by atoms with Crippen LogP contribution in [-0.2, 0) is 0 Å². The van der Waals surface area contributed by atoms with Gasteiger partial charge in [-0.1, -0.05) is 32.0 Å². The van der Waals surface area contributed by atoms with Crippen LogP contribution in [0.2, 0.25) is 0 Å². The van der Waals surface area contributed by atoms with E-state index in [2.05, 4.69) is 26.0 Å². The molecule has 0 unspecified atom stereocenters. The first kappa shape index (κ1) is 23.0. The van der Waals surface area contributed by atoms with Gasteiger partial charge in [-0.15, -0.1) is 6.92 Å². The van der Waals surface area contributed by atoms with Crippen LogP contribution < -0.4 is 103 Å². The van der Waals surface area contributed by atoms with E-state index in [1.165, 1.54) is 4.90 Å². The SMILES string of the molecule is CC.[CH2-]C([CH2-])(C)Sc1ccccc1.[K+].[K+]. The van der Waals surface area contributed by atoms with Gasteiger partial charge < -0.3 is 13.8 Å². The fourth-order valence-corrected chi connectivity index (χ4v) is 1.64. The maximum atomic E-state index is 3.92. The van der Waals surface area contributed by atoms with Crippen molar-refractivity contribution in [2.75, 3.05) is 0 Å². The first-order valence-electron chi connectivity index (χ1n) is 4.53. The molecule has 0 aliphatic heterocycles. The summed E-state index contributed by atoms with van der Waals surface area (Å²) in [6.07, 6.45) is 0. The average Bonchev–Trinajstić information content (AvgIpc) is 2.07. The number of hydrogen-bond donors (Lipinski definition) is 0. The summed E-state index contributed by atoms with van der Waals surface area (Å²) in [7, 11) is 0. The van der Waals surface area contributed by atoms with Crippen molar-refractivity contribution in [1.82, 2.24) is 0 Å². The van der Waals surface area contributed by atoms with Crippen LogP contribution in [0.5, 0.6) is 0 Å². The number of hydrogen-bond acceptors (Lipinski definition) is 1. The van der Waals surface area contributed by atoms with E-state index in [9.17, 15) is 0 Å². The van der Waals surface area contributed by atoms with Crippen molar-refractivity contribution in [2.45, 2.75) is 30.4 Å². The first-order chi connectivity index (χ1) is 6.08. The minimum Gasteiger partial charge on any atom is -0.357 e. The van der Waals surface area contributed by atoms with Crippen molar-refractivity contribution in [3.8, 4) is 0 Å². The summed E-state index contributed by atoms with van der Waals surface area (Å²) < 4.78 is -0.179. The molecule has 1 rings (SSSR count). The molecule has 0 N–H and O–H groups in total. The molecule has 0 aromatic heterocycles. The predicted octanol–water partition coefficient (Wildman–Crippen LogP) is -1.76. The van der Waals surface area contributed by atoms with Crippen LogP contribution in [-0.4, -0.2) is 4.75 Å². The zero-order chi connectivity index (χ0) is 10.3. The monoisotopic (exact) mass is 272 g/mol. The molecule has 0 saturated carbocycles. The minimum absolute atomic E-state index is 0. The van der Waals surface area contributed by atoms with Gasteiger partial charge >= 0.3 is 103 Å². The van der Waals surface area contributed by atoms with Gasteiger partial charge in [-0.2, -0.15) is 11.8 Å². The fourth-order valence-electron chi connectivity index (χ4n) is 0.773. The van der Waals surface area contributed by atoms with Crippen LogP contribution in [0, 0.1) is 13.8 Å². The molecule has 0 fully saturated rings. The summed E-state index contributed by atoms with van der Waals surface area (Å²) in [6, 6.07) is 10.2. The van der Waals surface area contributed by atoms with E-state index < -0.39 is 0 Å². The molecule has 0 radical (unpaired) electrons. The third-order valence-corrected chi connectivity index (χ3v) is 2.11. The summed E-state index contributed by atoms with van der Waals surface area (Å²) in [5, 5.41) is 0. The summed E-state index contributed by atoms with van der Waals surface area (Å²) in [4.78, 5) is 1.22. The summed E-state index contributed by atoms with van der Waals surface area (Å²) >= 11 is 1.68. The van der Waals surface area contributed by atoms with E-state index in [0.29, 0.717) is 0 Å². The van der Waals surface area contributed by atoms with Gasteiger partial charge in [-0.25, -0.2) is 4.75 Å². The Morgan fingerprint density at radius 1 is 1.00 bits per heavy atom. The molecular formula is C12H18K2S. The van der Waals surface area contributed by atoms with Crippen molar-refractivity contribution in [3.05, 3.63) is 44.2 Å². The molecule has 0 heterocycles. The molecule has 0 aliphatic rings. The van der Waals surface area contributed by atoms with Crippen LogP contribution in [0.15, 0.2) is 35.2 Å². The largest absolute Gasteiger partial charge is 1.00 e. The molecule has 0 bridgehead atoms. The molecule has 0 nitrogen and oxygen atoms in total.